The van der Waals surface area contributed by atoms with Gasteiger partial charge in [-0.25, -0.2) is 0 Å². The lowest BCUT2D eigenvalue weighted by atomic mass is 10.5. The molecule has 0 nitrogen and oxygen atoms in total. The van der Waals surface area contributed by atoms with E-state index in [1.54, 1.807) is 0 Å². The van der Waals surface area contributed by atoms with Gasteiger partial charge in [0.15, 0.2) is 0 Å². The largest absolute Gasteiger partial charge is 0.316 e. The van der Waals surface area contributed by atoms with Crippen LogP contribution >= 0.6 is 0 Å². The molecule has 0 fully saturated rings. The first-order valence-corrected chi connectivity index (χ1v) is 1.35. The molecular weight excluding hydrogens is 72.3 g/mol. The molecule has 0 atom stereocenters. The van der Waals surface area contributed by atoms with E-state index in [9.17, 15) is 0 Å². The van der Waals surface area contributed by atoms with E-state index in [2.05, 4.69) is 5.92 Å². The second-order valence-corrected chi connectivity index (χ2v) is 0.558. The van der Waals surface area contributed by atoms with E-state index in [-0.39, 0.29) is 23.1 Å². The fourth-order valence-electron chi connectivity index (χ4n) is 0. The van der Waals surface area contributed by atoms with Crippen LogP contribution in [0.25, 0.3) is 0 Å². The summed E-state index contributed by atoms with van der Waals surface area (Å²) in [6, 6.07) is 0. The summed E-state index contributed by atoms with van der Waals surface area (Å²) in [7, 11) is 0. The highest BCUT2D eigenvalue weighted by Crippen LogP contribution is 1.58. The molecule has 0 aromatic rings. The standard InChI is InChI=1S/C4H6.Mg.2H/c1-3-4-2;;;/h1H,4H2,2H3;;;. The Morgan fingerprint density at radius 3 is 2.00 bits per heavy atom. The highest BCUT2D eigenvalue weighted by molar-refractivity contribution is 5.75. The average Bonchev–Trinajstić information content (AvgIpc) is 1.37. The summed E-state index contributed by atoms with van der Waals surface area (Å²) < 4.78 is 0. The third kappa shape index (κ3) is 13.3. The summed E-state index contributed by atoms with van der Waals surface area (Å²) in [6.45, 7) is 1.94. The highest BCUT2D eigenvalue weighted by atomic mass is 24.3. The minimum Gasteiger partial charge on any atom is -0.120 e. The Morgan fingerprint density at radius 2 is 2.00 bits per heavy atom. The van der Waals surface area contributed by atoms with Crippen LogP contribution in [0.3, 0.4) is 0 Å². The van der Waals surface area contributed by atoms with Gasteiger partial charge in [-0.15, -0.1) is 12.3 Å². The molecule has 0 amide bonds. The summed E-state index contributed by atoms with van der Waals surface area (Å²) in [5, 5.41) is 0. The van der Waals surface area contributed by atoms with Gasteiger partial charge < -0.3 is 0 Å². The van der Waals surface area contributed by atoms with Crippen LogP contribution in [-0.2, 0) is 0 Å². The van der Waals surface area contributed by atoms with Crippen molar-refractivity contribution >= 4 is 23.1 Å². The fraction of sp³-hybridized carbons (Fsp3) is 0.500. The third-order valence-corrected chi connectivity index (χ3v) is 0.204. The molecule has 0 saturated heterocycles. The lowest BCUT2D eigenvalue weighted by Gasteiger charge is -1.52. The molecule has 5 heavy (non-hydrogen) atoms. The van der Waals surface area contributed by atoms with Crippen molar-refractivity contribution in [3.8, 4) is 12.3 Å². The van der Waals surface area contributed by atoms with Crippen LogP contribution in [0, 0.1) is 12.3 Å². The van der Waals surface area contributed by atoms with Gasteiger partial charge in [0.25, 0.3) is 0 Å². The van der Waals surface area contributed by atoms with Crippen molar-refractivity contribution < 1.29 is 0 Å². The zero-order valence-electron chi connectivity index (χ0n) is 2.78. The Kier molecular flexibility index (Phi) is 15.9. The van der Waals surface area contributed by atoms with Crippen molar-refractivity contribution in [3.63, 3.8) is 0 Å². The van der Waals surface area contributed by atoms with E-state index >= 15 is 0 Å². The van der Waals surface area contributed by atoms with Crippen LogP contribution in [-0.4, -0.2) is 23.1 Å². The molecule has 0 aliphatic heterocycles. The molecular formula is C4H8Mg. The molecule has 0 aliphatic rings. The van der Waals surface area contributed by atoms with Gasteiger partial charge in [-0.3, -0.25) is 0 Å². The topological polar surface area (TPSA) is 0 Å². The van der Waals surface area contributed by atoms with E-state index < -0.39 is 0 Å². The zero-order chi connectivity index (χ0) is 3.41. The van der Waals surface area contributed by atoms with Crippen LogP contribution in [0.15, 0.2) is 0 Å². The van der Waals surface area contributed by atoms with E-state index in [1.807, 2.05) is 6.92 Å². The fourth-order valence-corrected chi connectivity index (χ4v) is 0. The lowest BCUT2D eigenvalue weighted by Crippen LogP contribution is -1.38. The van der Waals surface area contributed by atoms with Gasteiger partial charge in [-0.2, -0.15) is 0 Å². The van der Waals surface area contributed by atoms with E-state index in [1.165, 1.54) is 0 Å². The molecule has 0 N–H and O–H groups in total. The predicted molar refractivity (Wildman–Crippen MR) is 27.7 cm³/mol. The van der Waals surface area contributed by atoms with Crippen molar-refractivity contribution in [2.45, 2.75) is 13.3 Å². The van der Waals surface area contributed by atoms with E-state index in [0.29, 0.717) is 0 Å². The SMILES string of the molecule is C#CCC.[MgH2]. The monoisotopic (exact) mass is 80.0 g/mol. The summed E-state index contributed by atoms with van der Waals surface area (Å²) in [4.78, 5) is 0. The maximum atomic E-state index is 4.78. The first kappa shape index (κ1) is 9.01. The molecule has 0 spiro atoms. The maximum absolute atomic E-state index is 4.78. The normalized spacial score (nSPS) is 4.00. The van der Waals surface area contributed by atoms with Gasteiger partial charge in [0.1, 0.15) is 0 Å². The van der Waals surface area contributed by atoms with E-state index in [0.717, 1.165) is 6.42 Å². The van der Waals surface area contributed by atoms with Crippen LogP contribution in [0.5, 0.6) is 0 Å². The molecule has 0 aliphatic carbocycles. The Bertz CT molecular complexity index is 33.4. The second-order valence-electron chi connectivity index (χ2n) is 0.558. The molecule has 1 heteroatoms. The van der Waals surface area contributed by atoms with Crippen molar-refractivity contribution in [2.75, 3.05) is 0 Å². The maximum Gasteiger partial charge on any atom is 0.316 e. The van der Waals surface area contributed by atoms with Crippen LogP contribution in [0.2, 0.25) is 0 Å². The summed E-state index contributed by atoms with van der Waals surface area (Å²) in [5.74, 6) is 2.43. The Labute approximate surface area is 49.1 Å². The zero-order valence-corrected chi connectivity index (χ0v) is 2.78. The minimum absolute atomic E-state index is 0. The third-order valence-electron chi connectivity index (χ3n) is 0.204. The number of hydrogen-bond donors (Lipinski definition) is 0. The van der Waals surface area contributed by atoms with Gasteiger partial charge >= 0.3 is 23.1 Å². The summed E-state index contributed by atoms with van der Waals surface area (Å²) in [5.41, 5.74) is 0. The van der Waals surface area contributed by atoms with Gasteiger partial charge in [-0.05, 0) is 0 Å². The van der Waals surface area contributed by atoms with Crippen molar-refractivity contribution in [2.24, 2.45) is 0 Å². The average molecular weight is 80.4 g/mol. The smallest absolute Gasteiger partial charge is 0.120 e. The quantitative estimate of drug-likeness (QED) is 0.286. The molecule has 0 heterocycles. The van der Waals surface area contributed by atoms with Gasteiger partial charge in [0, 0.05) is 6.42 Å². The first-order chi connectivity index (χ1) is 1.91. The van der Waals surface area contributed by atoms with Gasteiger partial charge in [0.2, 0.25) is 0 Å². The predicted octanol–water partition coefficient (Wildman–Crippen LogP) is 0.113. The molecule has 0 bridgehead atoms. The van der Waals surface area contributed by atoms with Crippen molar-refractivity contribution in [1.29, 1.82) is 0 Å². The lowest BCUT2D eigenvalue weighted by molar-refractivity contribution is 1.28. The Balaban J connectivity index is 0. The molecule has 0 saturated carbocycles. The molecule has 26 valence electrons. The molecule has 0 aromatic heterocycles. The second kappa shape index (κ2) is 8.85. The Hall–Kier alpha value is 0.326. The minimum atomic E-state index is 0. The summed E-state index contributed by atoms with van der Waals surface area (Å²) in [6.07, 6.45) is 5.62. The molecule has 0 rings (SSSR count). The van der Waals surface area contributed by atoms with Gasteiger partial charge in [-0.1, -0.05) is 6.92 Å². The van der Waals surface area contributed by atoms with Crippen molar-refractivity contribution in [1.82, 2.24) is 0 Å². The van der Waals surface area contributed by atoms with E-state index in [4.69, 9.17) is 6.42 Å². The Morgan fingerprint density at radius 1 is 1.80 bits per heavy atom. The van der Waals surface area contributed by atoms with Crippen LogP contribution < -0.4 is 0 Å². The first-order valence-electron chi connectivity index (χ1n) is 1.35. The molecule has 0 unspecified atom stereocenters. The van der Waals surface area contributed by atoms with Crippen molar-refractivity contribution in [3.05, 3.63) is 0 Å². The number of hydrogen-bond acceptors (Lipinski definition) is 0. The van der Waals surface area contributed by atoms with Gasteiger partial charge in [0.05, 0.1) is 0 Å². The molecule has 0 radical (unpaired) electrons. The number of terminal acetylenes is 1. The highest BCUT2D eigenvalue weighted by Gasteiger charge is 1.43. The van der Waals surface area contributed by atoms with Crippen LogP contribution in [0.1, 0.15) is 13.3 Å². The van der Waals surface area contributed by atoms with Crippen LogP contribution in [0.4, 0.5) is 0 Å². The summed E-state index contributed by atoms with van der Waals surface area (Å²) >= 11 is 0. The number of rotatable bonds is 0. The molecule has 0 aromatic carbocycles.